The zero-order valence-electron chi connectivity index (χ0n) is 19.0. The second kappa shape index (κ2) is 9.95. The molecular formula is C26H31N3O4. The quantitative estimate of drug-likeness (QED) is 0.573. The van der Waals surface area contributed by atoms with Gasteiger partial charge in [-0.1, -0.05) is 12.1 Å². The fourth-order valence-corrected chi connectivity index (χ4v) is 4.67. The van der Waals surface area contributed by atoms with E-state index in [1.165, 1.54) is 5.56 Å². The molecule has 1 atom stereocenters. The van der Waals surface area contributed by atoms with Crippen LogP contribution >= 0.6 is 0 Å². The summed E-state index contributed by atoms with van der Waals surface area (Å²) in [6.07, 6.45) is 3.23. The molecule has 7 heteroatoms. The minimum Gasteiger partial charge on any atom is -0.497 e. The average Bonchev–Trinajstić information content (AvgIpc) is 2.87. The van der Waals surface area contributed by atoms with Gasteiger partial charge in [-0.15, -0.1) is 0 Å². The Hall–Kier alpha value is -2.87. The minimum atomic E-state index is -0.636. The highest BCUT2D eigenvalue weighted by Gasteiger charge is 2.23. The van der Waals surface area contributed by atoms with E-state index >= 15 is 0 Å². The highest BCUT2D eigenvalue weighted by atomic mass is 16.6. The molecule has 3 aromatic rings. The van der Waals surface area contributed by atoms with Crippen molar-refractivity contribution in [3.8, 4) is 17.2 Å². The number of hydrogen-bond acceptors (Lipinski definition) is 7. The Morgan fingerprint density at radius 1 is 1.09 bits per heavy atom. The number of aliphatic hydroxyl groups excluding tert-OH is 1. The lowest BCUT2D eigenvalue weighted by atomic mass is 10.0. The van der Waals surface area contributed by atoms with Gasteiger partial charge in [-0.05, 0) is 67.2 Å². The minimum absolute atomic E-state index is 0.464. The van der Waals surface area contributed by atoms with Gasteiger partial charge in [0, 0.05) is 30.7 Å². The van der Waals surface area contributed by atoms with Crippen LogP contribution in [0, 0.1) is 0 Å². The summed E-state index contributed by atoms with van der Waals surface area (Å²) in [5.74, 6) is 2.44. The van der Waals surface area contributed by atoms with Gasteiger partial charge in [0.25, 0.3) is 0 Å². The first-order chi connectivity index (χ1) is 16.2. The first-order valence-corrected chi connectivity index (χ1v) is 11.6. The number of hydrogen-bond donors (Lipinski definition) is 2. The van der Waals surface area contributed by atoms with E-state index in [9.17, 15) is 5.11 Å². The van der Waals surface area contributed by atoms with Gasteiger partial charge in [-0.25, -0.2) is 0 Å². The SMILES string of the molecule is COc1ccc2ccnc(C(O)CN3CCC(NCc4ccc5c(c4)OCCO5)CC3)c2c1. The molecule has 0 aliphatic carbocycles. The van der Waals surface area contributed by atoms with Crippen molar-refractivity contribution in [2.75, 3.05) is 40.0 Å². The molecule has 0 saturated carbocycles. The van der Waals surface area contributed by atoms with Gasteiger partial charge < -0.3 is 29.5 Å². The lowest BCUT2D eigenvalue weighted by Gasteiger charge is -2.33. The van der Waals surface area contributed by atoms with Gasteiger partial charge >= 0.3 is 0 Å². The molecule has 33 heavy (non-hydrogen) atoms. The second-order valence-corrected chi connectivity index (χ2v) is 8.73. The van der Waals surface area contributed by atoms with E-state index in [0.717, 1.165) is 60.5 Å². The smallest absolute Gasteiger partial charge is 0.161 e. The van der Waals surface area contributed by atoms with Gasteiger partial charge in [-0.2, -0.15) is 0 Å². The largest absolute Gasteiger partial charge is 0.497 e. The van der Waals surface area contributed by atoms with Crippen LogP contribution in [0.5, 0.6) is 17.2 Å². The molecular weight excluding hydrogens is 418 g/mol. The lowest BCUT2D eigenvalue weighted by Crippen LogP contribution is -2.43. The maximum atomic E-state index is 11.0. The molecule has 2 N–H and O–H groups in total. The number of aliphatic hydroxyl groups is 1. The second-order valence-electron chi connectivity index (χ2n) is 8.73. The molecule has 174 valence electrons. The van der Waals surface area contributed by atoms with Gasteiger partial charge in [-0.3, -0.25) is 4.98 Å². The number of piperidine rings is 1. The highest BCUT2D eigenvalue weighted by molar-refractivity contribution is 5.86. The Morgan fingerprint density at radius 3 is 2.73 bits per heavy atom. The van der Waals surface area contributed by atoms with Crippen LogP contribution in [0.15, 0.2) is 48.7 Å². The van der Waals surface area contributed by atoms with E-state index in [1.807, 2.05) is 30.3 Å². The number of rotatable bonds is 7. The third-order valence-electron chi connectivity index (χ3n) is 6.54. The first-order valence-electron chi connectivity index (χ1n) is 11.6. The molecule has 2 aliphatic rings. The Balaban J connectivity index is 1.14. The molecule has 5 rings (SSSR count). The van der Waals surface area contributed by atoms with Crippen molar-refractivity contribution >= 4 is 10.8 Å². The molecule has 0 spiro atoms. The van der Waals surface area contributed by atoms with E-state index in [2.05, 4.69) is 27.3 Å². The molecule has 2 aromatic carbocycles. The summed E-state index contributed by atoms with van der Waals surface area (Å²) < 4.78 is 16.7. The number of aromatic nitrogens is 1. The van der Waals surface area contributed by atoms with E-state index in [1.54, 1.807) is 13.3 Å². The molecule has 3 heterocycles. The predicted octanol–water partition coefficient (Wildman–Crippen LogP) is 3.30. The van der Waals surface area contributed by atoms with Crippen LogP contribution in [0.25, 0.3) is 10.8 Å². The molecule has 1 saturated heterocycles. The summed E-state index contributed by atoms with van der Waals surface area (Å²) in [6.45, 7) is 4.51. The van der Waals surface area contributed by atoms with Crippen LogP contribution in [0.4, 0.5) is 0 Å². The zero-order chi connectivity index (χ0) is 22.6. The number of pyridine rings is 1. The summed E-state index contributed by atoms with van der Waals surface area (Å²) in [5.41, 5.74) is 1.92. The lowest BCUT2D eigenvalue weighted by molar-refractivity contribution is 0.0923. The van der Waals surface area contributed by atoms with Crippen LogP contribution in [0.2, 0.25) is 0 Å². The molecule has 0 radical (unpaired) electrons. The van der Waals surface area contributed by atoms with E-state index in [4.69, 9.17) is 14.2 Å². The van der Waals surface area contributed by atoms with Crippen LogP contribution in [-0.4, -0.2) is 61.0 Å². The Bertz CT molecular complexity index is 1100. The van der Waals surface area contributed by atoms with Crippen LogP contribution in [0.1, 0.15) is 30.2 Å². The summed E-state index contributed by atoms with van der Waals surface area (Å²) >= 11 is 0. The Morgan fingerprint density at radius 2 is 1.91 bits per heavy atom. The maximum absolute atomic E-state index is 11.0. The number of fused-ring (bicyclic) bond motifs is 2. The van der Waals surface area contributed by atoms with Gasteiger partial charge in [0.15, 0.2) is 11.5 Å². The van der Waals surface area contributed by atoms with Crippen LogP contribution < -0.4 is 19.5 Å². The van der Waals surface area contributed by atoms with Gasteiger partial charge in [0.05, 0.1) is 12.8 Å². The summed E-state index contributed by atoms with van der Waals surface area (Å²) in [7, 11) is 1.65. The van der Waals surface area contributed by atoms with Crippen molar-refractivity contribution in [3.63, 3.8) is 0 Å². The summed E-state index contributed by atoms with van der Waals surface area (Å²) in [4.78, 5) is 6.82. The highest BCUT2D eigenvalue weighted by Crippen LogP contribution is 2.31. The van der Waals surface area contributed by atoms with Crippen LogP contribution in [-0.2, 0) is 6.54 Å². The monoisotopic (exact) mass is 449 g/mol. The van der Waals surface area contributed by atoms with Crippen molar-refractivity contribution in [1.29, 1.82) is 0 Å². The summed E-state index contributed by atoms with van der Waals surface area (Å²) in [5, 5.41) is 16.6. The number of nitrogens with zero attached hydrogens (tertiary/aromatic N) is 2. The fraction of sp³-hybridized carbons (Fsp3) is 0.423. The van der Waals surface area contributed by atoms with Crippen molar-refractivity contribution in [2.24, 2.45) is 0 Å². The normalized spacial score (nSPS) is 17.8. The Labute approximate surface area is 194 Å². The molecule has 1 fully saturated rings. The first kappa shape index (κ1) is 21.9. The molecule has 7 nitrogen and oxygen atoms in total. The Kier molecular flexibility index (Phi) is 6.62. The van der Waals surface area contributed by atoms with Crippen molar-refractivity contribution in [2.45, 2.75) is 31.5 Å². The predicted molar refractivity (Wildman–Crippen MR) is 127 cm³/mol. The number of ether oxygens (including phenoxy) is 3. The third-order valence-corrected chi connectivity index (χ3v) is 6.54. The summed E-state index contributed by atoms with van der Waals surface area (Å²) in [6, 6.07) is 14.5. The molecule has 1 unspecified atom stereocenters. The van der Waals surface area contributed by atoms with Crippen molar-refractivity contribution in [1.82, 2.24) is 15.2 Å². The standard InChI is InChI=1S/C26H31N3O4/c1-31-21-4-3-19-6-9-27-26(22(19)15-21)23(30)17-29-10-7-20(8-11-29)28-16-18-2-5-24-25(14-18)33-13-12-32-24/h2-6,9,14-15,20,23,28,30H,7-8,10-13,16-17H2,1H3. The van der Waals surface area contributed by atoms with E-state index in [0.29, 0.717) is 31.5 Å². The van der Waals surface area contributed by atoms with E-state index in [-0.39, 0.29) is 0 Å². The number of methoxy groups -OCH3 is 1. The molecule has 1 aromatic heterocycles. The number of benzene rings is 2. The maximum Gasteiger partial charge on any atom is 0.161 e. The van der Waals surface area contributed by atoms with Gasteiger partial charge in [0.1, 0.15) is 25.1 Å². The zero-order valence-corrected chi connectivity index (χ0v) is 19.0. The number of likely N-dealkylation sites (tertiary alicyclic amines) is 1. The topological polar surface area (TPSA) is 76.1 Å². The number of nitrogens with one attached hydrogen (secondary N) is 1. The van der Waals surface area contributed by atoms with Crippen molar-refractivity contribution < 1.29 is 19.3 Å². The molecule has 0 amide bonds. The molecule has 2 aliphatic heterocycles. The fourth-order valence-electron chi connectivity index (χ4n) is 4.67. The van der Waals surface area contributed by atoms with Crippen molar-refractivity contribution in [3.05, 3.63) is 59.9 Å². The third kappa shape index (κ3) is 5.05. The van der Waals surface area contributed by atoms with E-state index < -0.39 is 6.10 Å². The number of β-amino-alcohol motifs (C(OH)–C–C–N with tert-alkyl or cyclic N) is 1. The van der Waals surface area contributed by atoms with Crippen LogP contribution in [0.3, 0.4) is 0 Å². The average molecular weight is 450 g/mol. The van der Waals surface area contributed by atoms with Gasteiger partial charge in [0.2, 0.25) is 0 Å². The molecule has 0 bridgehead atoms.